The van der Waals surface area contributed by atoms with Crippen LogP contribution < -0.4 is 0 Å². The van der Waals surface area contributed by atoms with Crippen molar-refractivity contribution in [3.05, 3.63) is 12.2 Å². The number of hydrogen-bond donors (Lipinski definition) is 1. The Morgan fingerprint density at radius 2 is 2.50 bits per heavy atom. The Kier molecular flexibility index (Phi) is 1.84. The van der Waals surface area contributed by atoms with Crippen LogP contribution in [0.3, 0.4) is 0 Å². The van der Waals surface area contributed by atoms with E-state index in [2.05, 4.69) is 17.1 Å². The molecule has 0 spiro atoms. The van der Waals surface area contributed by atoms with Crippen molar-refractivity contribution < 1.29 is 5.11 Å². The second kappa shape index (κ2) is 2.86. The largest absolute Gasteiger partial charge is 0.388 e. The van der Waals surface area contributed by atoms with Gasteiger partial charge in [-0.15, -0.1) is 10.2 Å². The van der Waals surface area contributed by atoms with E-state index in [9.17, 15) is 0 Å². The Morgan fingerprint density at radius 1 is 1.67 bits per heavy atom. The summed E-state index contributed by atoms with van der Waals surface area (Å²) in [5.74, 6) is 1.39. The van der Waals surface area contributed by atoms with Crippen molar-refractivity contribution in [2.24, 2.45) is 5.92 Å². The van der Waals surface area contributed by atoms with Gasteiger partial charge >= 0.3 is 0 Å². The van der Waals surface area contributed by atoms with Crippen LogP contribution in [-0.4, -0.2) is 19.9 Å². The van der Waals surface area contributed by atoms with Crippen molar-refractivity contribution in [3.8, 4) is 0 Å². The van der Waals surface area contributed by atoms with Crippen LogP contribution in [0.2, 0.25) is 0 Å². The van der Waals surface area contributed by atoms with Gasteiger partial charge in [0, 0.05) is 6.04 Å². The number of nitrogens with zero attached hydrogens (tertiary/aromatic N) is 3. The lowest BCUT2D eigenvalue weighted by Crippen LogP contribution is -2.27. The molecule has 1 fully saturated rings. The lowest BCUT2D eigenvalue weighted by molar-refractivity contribution is 0.181. The minimum atomic E-state index is -0.0107. The molecule has 1 aromatic rings. The highest BCUT2D eigenvalue weighted by Crippen LogP contribution is 2.38. The van der Waals surface area contributed by atoms with E-state index in [-0.39, 0.29) is 6.61 Å². The van der Waals surface area contributed by atoms with E-state index in [1.54, 1.807) is 6.33 Å². The molecule has 0 aliphatic heterocycles. The molecule has 2 unspecified atom stereocenters. The molecule has 1 aliphatic rings. The molecule has 1 aliphatic carbocycles. The maximum absolute atomic E-state index is 8.94. The SMILES string of the molecule is CC1CCC1n1cnnc1CO. The molecular weight excluding hydrogens is 154 g/mol. The van der Waals surface area contributed by atoms with E-state index in [0.717, 1.165) is 0 Å². The van der Waals surface area contributed by atoms with Crippen LogP contribution in [0.5, 0.6) is 0 Å². The number of aliphatic hydroxyl groups is 1. The second-order valence-electron chi connectivity index (χ2n) is 3.43. The average molecular weight is 167 g/mol. The number of aromatic nitrogens is 3. The summed E-state index contributed by atoms with van der Waals surface area (Å²) in [5, 5.41) is 16.6. The Morgan fingerprint density at radius 3 is 3.00 bits per heavy atom. The third kappa shape index (κ3) is 1.03. The Hall–Kier alpha value is -0.900. The Labute approximate surface area is 71.2 Å². The number of hydrogen-bond acceptors (Lipinski definition) is 3. The van der Waals surface area contributed by atoms with Gasteiger partial charge in [-0.1, -0.05) is 6.92 Å². The fourth-order valence-corrected chi connectivity index (χ4v) is 1.72. The second-order valence-corrected chi connectivity index (χ2v) is 3.43. The van der Waals surface area contributed by atoms with Gasteiger partial charge in [0.05, 0.1) is 0 Å². The first kappa shape index (κ1) is 7.73. The van der Waals surface area contributed by atoms with Gasteiger partial charge in [-0.05, 0) is 18.8 Å². The molecule has 4 nitrogen and oxygen atoms in total. The molecule has 4 heteroatoms. The summed E-state index contributed by atoms with van der Waals surface area (Å²) in [7, 11) is 0. The molecule has 1 heterocycles. The van der Waals surface area contributed by atoms with E-state index in [4.69, 9.17) is 5.11 Å². The lowest BCUT2D eigenvalue weighted by Gasteiger charge is -2.35. The van der Waals surface area contributed by atoms with E-state index in [1.165, 1.54) is 12.8 Å². The van der Waals surface area contributed by atoms with Crippen LogP contribution in [0, 0.1) is 5.92 Å². The molecule has 1 aromatic heterocycles. The van der Waals surface area contributed by atoms with Crippen molar-refractivity contribution in [2.75, 3.05) is 0 Å². The molecule has 2 rings (SSSR count). The topological polar surface area (TPSA) is 50.9 Å². The first-order valence-corrected chi connectivity index (χ1v) is 4.32. The zero-order valence-corrected chi connectivity index (χ0v) is 7.14. The van der Waals surface area contributed by atoms with Crippen molar-refractivity contribution in [2.45, 2.75) is 32.4 Å². The van der Waals surface area contributed by atoms with E-state index >= 15 is 0 Å². The fraction of sp³-hybridized carbons (Fsp3) is 0.750. The predicted octanol–water partition coefficient (Wildman–Crippen LogP) is 0.741. The molecule has 1 N–H and O–H groups in total. The minimum Gasteiger partial charge on any atom is -0.388 e. The Bertz CT molecular complexity index is 271. The van der Waals surface area contributed by atoms with Gasteiger partial charge in [-0.3, -0.25) is 0 Å². The van der Waals surface area contributed by atoms with Gasteiger partial charge in [0.1, 0.15) is 12.9 Å². The fourth-order valence-electron chi connectivity index (χ4n) is 1.72. The molecule has 0 aromatic carbocycles. The normalized spacial score (nSPS) is 28.5. The summed E-state index contributed by atoms with van der Waals surface area (Å²) in [5.41, 5.74) is 0. The molecule has 2 atom stereocenters. The summed E-state index contributed by atoms with van der Waals surface area (Å²) in [6.07, 6.45) is 4.17. The molecule has 0 bridgehead atoms. The Balaban J connectivity index is 2.21. The summed E-state index contributed by atoms with van der Waals surface area (Å²) in [6, 6.07) is 0.516. The molecule has 1 saturated carbocycles. The van der Waals surface area contributed by atoms with Crippen LogP contribution in [0.15, 0.2) is 6.33 Å². The van der Waals surface area contributed by atoms with Crippen LogP contribution in [0.4, 0.5) is 0 Å². The van der Waals surface area contributed by atoms with Gasteiger partial charge < -0.3 is 9.67 Å². The first-order chi connectivity index (χ1) is 5.83. The van der Waals surface area contributed by atoms with Crippen LogP contribution in [-0.2, 0) is 6.61 Å². The number of rotatable bonds is 2. The summed E-state index contributed by atoms with van der Waals surface area (Å²) in [6.45, 7) is 2.21. The first-order valence-electron chi connectivity index (χ1n) is 4.32. The van der Waals surface area contributed by atoms with Gasteiger partial charge in [-0.25, -0.2) is 0 Å². The molecule has 12 heavy (non-hydrogen) atoms. The molecule has 66 valence electrons. The van der Waals surface area contributed by atoms with Crippen molar-refractivity contribution >= 4 is 0 Å². The lowest BCUT2D eigenvalue weighted by atomic mass is 9.81. The zero-order chi connectivity index (χ0) is 8.55. The van der Waals surface area contributed by atoms with Crippen LogP contribution >= 0.6 is 0 Å². The van der Waals surface area contributed by atoms with E-state index < -0.39 is 0 Å². The van der Waals surface area contributed by atoms with Crippen LogP contribution in [0.1, 0.15) is 31.6 Å². The van der Waals surface area contributed by atoms with Gasteiger partial charge in [0.2, 0.25) is 0 Å². The van der Waals surface area contributed by atoms with Gasteiger partial charge in [0.15, 0.2) is 5.82 Å². The summed E-state index contributed by atoms with van der Waals surface area (Å²) in [4.78, 5) is 0. The van der Waals surface area contributed by atoms with E-state index in [1.807, 2.05) is 4.57 Å². The van der Waals surface area contributed by atoms with Crippen molar-refractivity contribution in [3.63, 3.8) is 0 Å². The van der Waals surface area contributed by atoms with Crippen molar-refractivity contribution in [1.29, 1.82) is 0 Å². The average Bonchev–Trinajstić information content (AvgIpc) is 2.50. The maximum atomic E-state index is 8.94. The molecular formula is C8H13N3O. The predicted molar refractivity (Wildman–Crippen MR) is 43.4 cm³/mol. The smallest absolute Gasteiger partial charge is 0.158 e. The zero-order valence-electron chi connectivity index (χ0n) is 7.14. The highest BCUT2D eigenvalue weighted by Gasteiger charge is 2.29. The summed E-state index contributed by atoms with van der Waals surface area (Å²) < 4.78 is 1.99. The highest BCUT2D eigenvalue weighted by atomic mass is 16.3. The van der Waals surface area contributed by atoms with E-state index in [0.29, 0.717) is 17.8 Å². The van der Waals surface area contributed by atoms with Crippen LogP contribution in [0.25, 0.3) is 0 Å². The standard InChI is InChI=1S/C8H13N3O/c1-6-2-3-7(6)11-5-9-10-8(11)4-12/h5-7,12H,2-4H2,1H3. The third-order valence-electron chi connectivity index (χ3n) is 2.72. The molecule has 0 saturated heterocycles. The van der Waals surface area contributed by atoms with Gasteiger partial charge in [-0.2, -0.15) is 0 Å². The summed E-state index contributed by atoms with van der Waals surface area (Å²) >= 11 is 0. The van der Waals surface area contributed by atoms with Crippen molar-refractivity contribution in [1.82, 2.24) is 14.8 Å². The molecule has 0 amide bonds. The van der Waals surface area contributed by atoms with Gasteiger partial charge in [0.25, 0.3) is 0 Å². The maximum Gasteiger partial charge on any atom is 0.158 e. The highest BCUT2D eigenvalue weighted by molar-refractivity contribution is 4.93. The molecule has 0 radical (unpaired) electrons. The number of aliphatic hydroxyl groups excluding tert-OH is 1. The minimum absolute atomic E-state index is 0.0107. The monoisotopic (exact) mass is 167 g/mol. The quantitative estimate of drug-likeness (QED) is 0.706. The third-order valence-corrected chi connectivity index (χ3v) is 2.72.